The molecule has 1 unspecified atom stereocenters. The van der Waals surface area contributed by atoms with E-state index in [0.29, 0.717) is 6.42 Å². The minimum atomic E-state index is -3.42. The molecule has 0 saturated heterocycles. The number of nitrogens with zero attached hydrogens (tertiary/aromatic N) is 1. The summed E-state index contributed by atoms with van der Waals surface area (Å²) in [7, 11) is -0.462. The van der Waals surface area contributed by atoms with Crippen LogP contribution in [0.15, 0.2) is 30.3 Å². The molecule has 5 nitrogen and oxygen atoms in total. The summed E-state index contributed by atoms with van der Waals surface area (Å²) < 4.78 is 26.9. The van der Waals surface area contributed by atoms with Crippen LogP contribution in [0.1, 0.15) is 17.9 Å². The maximum absolute atomic E-state index is 11.6. The van der Waals surface area contributed by atoms with Crippen LogP contribution in [0.25, 0.3) is 0 Å². The molecule has 0 saturated carbocycles. The number of benzene rings is 1. The minimum absolute atomic E-state index is 0.0223. The summed E-state index contributed by atoms with van der Waals surface area (Å²) in [6.45, 7) is 0.314. The van der Waals surface area contributed by atoms with Gasteiger partial charge in [-0.15, -0.1) is 0 Å². The van der Waals surface area contributed by atoms with E-state index in [0.717, 1.165) is 9.87 Å². The Morgan fingerprint density at radius 3 is 2.39 bits per heavy atom. The maximum atomic E-state index is 11.6. The molecule has 6 heteroatoms. The fourth-order valence-corrected chi connectivity index (χ4v) is 2.27. The largest absolute Gasteiger partial charge is 0.396 e. The van der Waals surface area contributed by atoms with Crippen molar-refractivity contribution in [3.05, 3.63) is 35.9 Å². The summed E-state index contributed by atoms with van der Waals surface area (Å²) in [6, 6.07) is 9.58. The first-order chi connectivity index (χ1) is 8.47. The van der Waals surface area contributed by atoms with E-state index in [4.69, 9.17) is 5.11 Å². The van der Waals surface area contributed by atoms with Crippen molar-refractivity contribution in [3.8, 4) is 0 Å². The van der Waals surface area contributed by atoms with Crippen molar-refractivity contribution in [1.82, 2.24) is 9.03 Å². The first-order valence-electron chi connectivity index (χ1n) is 5.80. The second-order valence-corrected chi connectivity index (χ2v) is 6.22. The van der Waals surface area contributed by atoms with Gasteiger partial charge >= 0.3 is 0 Å². The summed E-state index contributed by atoms with van der Waals surface area (Å²) in [5, 5.41) is 9.05. The van der Waals surface area contributed by atoms with Gasteiger partial charge in [-0.1, -0.05) is 30.3 Å². The molecule has 0 aromatic heterocycles. The zero-order valence-electron chi connectivity index (χ0n) is 10.7. The molecule has 0 bridgehead atoms. The van der Waals surface area contributed by atoms with E-state index >= 15 is 0 Å². The van der Waals surface area contributed by atoms with Crippen LogP contribution >= 0.6 is 0 Å². The predicted octanol–water partition coefficient (Wildman–Crippen LogP) is 0.549. The van der Waals surface area contributed by atoms with Gasteiger partial charge in [0, 0.05) is 27.2 Å². The van der Waals surface area contributed by atoms with Crippen LogP contribution in [0.2, 0.25) is 0 Å². The highest BCUT2D eigenvalue weighted by atomic mass is 32.2. The van der Waals surface area contributed by atoms with Crippen LogP contribution in [-0.4, -0.2) is 45.1 Å². The van der Waals surface area contributed by atoms with E-state index in [1.165, 1.54) is 14.1 Å². The Labute approximate surface area is 109 Å². The number of nitrogens with one attached hydrogen (secondary N) is 1. The summed E-state index contributed by atoms with van der Waals surface area (Å²) in [5.41, 5.74) is 1.02. The Morgan fingerprint density at radius 2 is 1.89 bits per heavy atom. The Morgan fingerprint density at radius 1 is 1.28 bits per heavy atom. The molecule has 0 aliphatic carbocycles. The molecule has 1 aromatic carbocycles. The van der Waals surface area contributed by atoms with Crippen molar-refractivity contribution in [3.63, 3.8) is 0 Å². The van der Waals surface area contributed by atoms with E-state index in [9.17, 15) is 8.42 Å². The summed E-state index contributed by atoms with van der Waals surface area (Å²) in [4.78, 5) is 0. The van der Waals surface area contributed by atoms with Gasteiger partial charge in [-0.3, -0.25) is 0 Å². The van der Waals surface area contributed by atoms with Crippen LogP contribution in [-0.2, 0) is 10.2 Å². The van der Waals surface area contributed by atoms with Crippen LogP contribution in [0, 0.1) is 0 Å². The molecule has 0 fully saturated rings. The van der Waals surface area contributed by atoms with Crippen LogP contribution in [0.3, 0.4) is 0 Å². The van der Waals surface area contributed by atoms with Crippen molar-refractivity contribution < 1.29 is 13.5 Å². The quantitative estimate of drug-likeness (QED) is 0.761. The molecule has 0 spiro atoms. The van der Waals surface area contributed by atoms with Gasteiger partial charge in [-0.25, -0.2) is 4.72 Å². The molecular formula is C12H20N2O3S. The monoisotopic (exact) mass is 272 g/mol. The van der Waals surface area contributed by atoms with Crippen molar-refractivity contribution >= 4 is 10.2 Å². The summed E-state index contributed by atoms with van der Waals surface area (Å²) in [6.07, 6.45) is 0.528. The second-order valence-electron chi connectivity index (χ2n) is 4.26. The number of hydrogen-bond donors (Lipinski definition) is 2. The van der Waals surface area contributed by atoms with Crippen molar-refractivity contribution in [2.45, 2.75) is 12.3 Å². The Bertz CT molecular complexity index is 446. The van der Waals surface area contributed by atoms with E-state index in [2.05, 4.69) is 4.72 Å². The molecule has 1 atom stereocenters. The molecule has 1 aromatic rings. The standard InChI is InChI=1S/C12H20N2O3S/c1-14(2)18(16,17)13-10-12(8-9-15)11-6-4-3-5-7-11/h3-7,12-13,15H,8-10H2,1-2H3. The van der Waals surface area contributed by atoms with E-state index < -0.39 is 10.2 Å². The Kier molecular flexibility index (Phi) is 5.74. The Balaban J connectivity index is 2.71. The van der Waals surface area contributed by atoms with Crippen molar-refractivity contribution in [2.24, 2.45) is 0 Å². The lowest BCUT2D eigenvalue weighted by atomic mass is 9.96. The molecule has 18 heavy (non-hydrogen) atoms. The molecule has 2 N–H and O–H groups in total. The first-order valence-corrected chi connectivity index (χ1v) is 7.24. The lowest BCUT2D eigenvalue weighted by Crippen LogP contribution is -2.38. The second kappa shape index (κ2) is 6.84. The third kappa shape index (κ3) is 4.38. The third-order valence-electron chi connectivity index (χ3n) is 2.74. The van der Waals surface area contributed by atoms with Gasteiger partial charge in [0.15, 0.2) is 0 Å². The topological polar surface area (TPSA) is 69.6 Å². The van der Waals surface area contributed by atoms with Gasteiger partial charge in [-0.2, -0.15) is 12.7 Å². The third-order valence-corrected chi connectivity index (χ3v) is 4.23. The Hall–Kier alpha value is -0.950. The van der Waals surface area contributed by atoms with Gasteiger partial charge in [0.1, 0.15) is 0 Å². The number of rotatable bonds is 7. The van der Waals surface area contributed by atoms with Crippen molar-refractivity contribution in [2.75, 3.05) is 27.2 Å². The van der Waals surface area contributed by atoms with E-state index in [1.807, 2.05) is 30.3 Å². The average molecular weight is 272 g/mol. The number of aliphatic hydroxyl groups is 1. The lowest BCUT2D eigenvalue weighted by Gasteiger charge is -2.19. The zero-order valence-corrected chi connectivity index (χ0v) is 11.5. The van der Waals surface area contributed by atoms with E-state index in [-0.39, 0.29) is 19.1 Å². The molecular weight excluding hydrogens is 252 g/mol. The SMILES string of the molecule is CN(C)S(=O)(=O)NCC(CCO)c1ccccc1. The number of aliphatic hydroxyl groups excluding tert-OH is 1. The molecule has 0 heterocycles. The number of hydrogen-bond acceptors (Lipinski definition) is 3. The molecule has 1 rings (SSSR count). The predicted molar refractivity (Wildman–Crippen MR) is 71.5 cm³/mol. The van der Waals surface area contributed by atoms with Gasteiger partial charge in [-0.05, 0) is 17.9 Å². The van der Waals surface area contributed by atoms with E-state index in [1.54, 1.807) is 0 Å². The van der Waals surface area contributed by atoms with Crippen LogP contribution < -0.4 is 4.72 Å². The normalized spacial score (nSPS) is 13.8. The van der Waals surface area contributed by atoms with Crippen molar-refractivity contribution in [1.29, 1.82) is 0 Å². The minimum Gasteiger partial charge on any atom is -0.396 e. The molecule has 0 aliphatic heterocycles. The van der Waals surface area contributed by atoms with Gasteiger partial charge < -0.3 is 5.11 Å². The molecule has 0 aliphatic rings. The molecule has 102 valence electrons. The zero-order chi connectivity index (χ0) is 13.6. The molecule has 0 amide bonds. The maximum Gasteiger partial charge on any atom is 0.278 e. The summed E-state index contributed by atoms with van der Waals surface area (Å²) in [5.74, 6) is -0.0223. The van der Waals surface area contributed by atoms with Crippen LogP contribution in [0.5, 0.6) is 0 Å². The summed E-state index contributed by atoms with van der Waals surface area (Å²) >= 11 is 0. The highest BCUT2D eigenvalue weighted by molar-refractivity contribution is 7.87. The lowest BCUT2D eigenvalue weighted by molar-refractivity contribution is 0.275. The van der Waals surface area contributed by atoms with Gasteiger partial charge in [0.25, 0.3) is 10.2 Å². The average Bonchev–Trinajstić information content (AvgIpc) is 2.35. The van der Waals surface area contributed by atoms with Crippen LogP contribution in [0.4, 0.5) is 0 Å². The highest BCUT2D eigenvalue weighted by Gasteiger charge is 2.17. The smallest absolute Gasteiger partial charge is 0.278 e. The molecule has 0 radical (unpaired) electrons. The fraction of sp³-hybridized carbons (Fsp3) is 0.500. The highest BCUT2D eigenvalue weighted by Crippen LogP contribution is 2.18. The van der Waals surface area contributed by atoms with Gasteiger partial charge in [0.05, 0.1) is 0 Å². The van der Waals surface area contributed by atoms with Gasteiger partial charge in [0.2, 0.25) is 0 Å². The first kappa shape index (κ1) is 15.1. The fourth-order valence-electron chi connectivity index (χ4n) is 1.60.